The van der Waals surface area contributed by atoms with E-state index in [1.807, 2.05) is 37.4 Å². The molecule has 0 fully saturated rings. The molecule has 0 aliphatic rings. The summed E-state index contributed by atoms with van der Waals surface area (Å²) in [7, 11) is 1.58. The molecule has 5 nitrogen and oxygen atoms in total. The first-order valence-corrected chi connectivity index (χ1v) is 10.2. The third-order valence-corrected chi connectivity index (χ3v) is 4.94. The van der Waals surface area contributed by atoms with E-state index in [1.54, 1.807) is 43.1 Å². The van der Waals surface area contributed by atoms with Crippen LogP contribution in [0.2, 0.25) is 0 Å². The lowest BCUT2D eigenvalue weighted by molar-refractivity contribution is -0.123. The van der Waals surface area contributed by atoms with E-state index >= 15 is 0 Å². The Morgan fingerprint density at radius 3 is 2.44 bits per heavy atom. The molecule has 0 radical (unpaired) electrons. The largest absolute Gasteiger partial charge is 0.497 e. The fourth-order valence-corrected chi connectivity index (χ4v) is 3.07. The normalized spacial score (nSPS) is 11.5. The van der Waals surface area contributed by atoms with Crippen molar-refractivity contribution in [1.29, 1.82) is 0 Å². The second kappa shape index (κ2) is 10.6. The van der Waals surface area contributed by atoms with E-state index in [9.17, 15) is 9.59 Å². The highest BCUT2D eigenvalue weighted by atomic mass is 32.2. The number of carbonyl (C=O) groups excluding carboxylic acids is 2. The molecule has 27 heavy (non-hydrogen) atoms. The Kier molecular flexibility index (Phi) is 8.20. The Bertz CT molecular complexity index is 762. The number of thioether (sulfide) groups is 1. The summed E-state index contributed by atoms with van der Waals surface area (Å²) in [4.78, 5) is 25.2. The Hall–Kier alpha value is -2.47. The SMILES string of the molecule is COc1ccc(C(=O)N[C@@H](CCSC)C(=O)NCc2ccccc2C)cc1. The van der Waals surface area contributed by atoms with Gasteiger partial charge in [-0.25, -0.2) is 0 Å². The summed E-state index contributed by atoms with van der Waals surface area (Å²) < 4.78 is 5.11. The number of nitrogens with one attached hydrogen (secondary N) is 2. The molecule has 0 aliphatic heterocycles. The number of amides is 2. The van der Waals surface area contributed by atoms with Gasteiger partial charge in [0, 0.05) is 12.1 Å². The Labute approximate surface area is 164 Å². The van der Waals surface area contributed by atoms with Crippen LogP contribution >= 0.6 is 11.8 Å². The molecule has 0 bridgehead atoms. The number of aryl methyl sites for hydroxylation is 1. The molecule has 0 aromatic heterocycles. The van der Waals surface area contributed by atoms with Crippen molar-refractivity contribution in [2.24, 2.45) is 0 Å². The Morgan fingerprint density at radius 2 is 1.81 bits per heavy atom. The van der Waals surface area contributed by atoms with E-state index < -0.39 is 6.04 Å². The predicted molar refractivity (Wildman–Crippen MR) is 110 cm³/mol. The van der Waals surface area contributed by atoms with Gasteiger partial charge in [0.25, 0.3) is 5.91 Å². The van der Waals surface area contributed by atoms with Crippen molar-refractivity contribution in [2.75, 3.05) is 19.1 Å². The second-order valence-electron chi connectivity index (χ2n) is 6.18. The summed E-state index contributed by atoms with van der Waals surface area (Å²) >= 11 is 1.64. The quantitative estimate of drug-likeness (QED) is 0.695. The first-order chi connectivity index (χ1) is 13.0. The van der Waals surface area contributed by atoms with Gasteiger partial charge in [-0.3, -0.25) is 9.59 Å². The standard InChI is InChI=1S/C21H26N2O3S/c1-15-6-4-5-7-17(15)14-22-21(25)19(12-13-27-3)23-20(24)16-8-10-18(26-2)11-9-16/h4-11,19H,12-14H2,1-3H3,(H,22,25)(H,23,24)/t19-/m0/s1. The van der Waals surface area contributed by atoms with Gasteiger partial charge in [-0.2, -0.15) is 11.8 Å². The molecule has 144 valence electrons. The molecule has 0 heterocycles. The summed E-state index contributed by atoms with van der Waals surface area (Å²) in [6.07, 6.45) is 2.55. The lowest BCUT2D eigenvalue weighted by Gasteiger charge is -2.19. The van der Waals surface area contributed by atoms with E-state index in [1.165, 1.54) is 0 Å². The zero-order valence-corrected chi connectivity index (χ0v) is 16.8. The van der Waals surface area contributed by atoms with Gasteiger partial charge < -0.3 is 15.4 Å². The zero-order chi connectivity index (χ0) is 19.6. The lowest BCUT2D eigenvalue weighted by Crippen LogP contribution is -2.46. The van der Waals surface area contributed by atoms with Gasteiger partial charge in [0.1, 0.15) is 11.8 Å². The van der Waals surface area contributed by atoms with Crippen LogP contribution in [0.3, 0.4) is 0 Å². The van der Waals surface area contributed by atoms with Gasteiger partial charge in [-0.05, 0) is 60.7 Å². The number of ether oxygens (including phenoxy) is 1. The Balaban J connectivity index is 2.00. The predicted octanol–water partition coefficient (Wildman–Crippen LogP) is 3.17. The van der Waals surface area contributed by atoms with Gasteiger partial charge in [0.2, 0.25) is 5.91 Å². The number of methoxy groups -OCH3 is 1. The fourth-order valence-electron chi connectivity index (χ4n) is 2.60. The number of hydrogen-bond donors (Lipinski definition) is 2. The molecule has 6 heteroatoms. The molecule has 0 aliphatic carbocycles. The number of benzene rings is 2. The molecule has 2 rings (SSSR count). The van der Waals surface area contributed by atoms with Crippen LogP contribution in [0.5, 0.6) is 5.75 Å². The van der Waals surface area contributed by atoms with Crippen molar-refractivity contribution in [2.45, 2.75) is 25.9 Å². The molecule has 0 saturated carbocycles. The summed E-state index contributed by atoms with van der Waals surface area (Å²) in [6, 6.07) is 14.2. The molecule has 1 atom stereocenters. The highest BCUT2D eigenvalue weighted by Crippen LogP contribution is 2.12. The monoisotopic (exact) mass is 386 g/mol. The molecule has 2 aromatic rings. The van der Waals surface area contributed by atoms with Crippen LogP contribution in [0.25, 0.3) is 0 Å². The van der Waals surface area contributed by atoms with Crippen molar-refractivity contribution in [3.8, 4) is 5.75 Å². The van der Waals surface area contributed by atoms with E-state index in [-0.39, 0.29) is 11.8 Å². The van der Waals surface area contributed by atoms with Crippen molar-refractivity contribution < 1.29 is 14.3 Å². The van der Waals surface area contributed by atoms with E-state index in [2.05, 4.69) is 10.6 Å². The topological polar surface area (TPSA) is 67.4 Å². The first kappa shape index (κ1) is 20.8. The minimum absolute atomic E-state index is 0.172. The maximum atomic E-state index is 12.6. The number of carbonyl (C=O) groups is 2. The Morgan fingerprint density at radius 1 is 1.11 bits per heavy atom. The van der Waals surface area contributed by atoms with Crippen LogP contribution in [0.4, 0.5) is 0 Å². The van der Waals surface area contributed by atoms with Crippen LogP contribution in [0.15, 0.2) is 48.5 Å². The molecule has 0 spiro atoms. The fraction of sp³-hybridized carbons (Fsp3) is 0.333. The maximum Gasteiger partial charge on any atom is 0.251 e. The minimum Gasteiger partial charge on any atom is -0.497 e. The zero-order valence-electron chi connectivity index (χ0n) is 16.0. The molecule has 2 aromatic carbocycles. The number of rotatable bonds is 9. The van der Waals surface area contributed by atoms with Crippen LogP contribution in [-0.2, 0) is 11.3 Å². The third kappa shape index (κ3) is 6.32. The second-order valence-corrected chi connectivity index (χ2v) is 7.17. The first-order valence-electron chi connectivity index (χ1n) is 8.81. The lowest BCUT2D eigenvalue weighted by atomic mass is 10.1. The third-order valence-electron chi connectivity index (χ3n) is 4.30. The van der Waals surface area contributed by atoms with Gasteiger partial charge in [-0.15, -0.1) is 0 Å². The number of hydrogen-bond acceptors (Lipinski definition) is 4. The average molecular weight is 387 g/mol. The molecular formula is C21H26N2O3S. The van der Waals surface area contributed by atoms with Gasteiger partial charge in [0.05, 0.1) is 7.11 Å². The van der Waals surface area contributed by atoms with Crippen LogP contribution in [-0.4, -0.2) is 37.0 Å². The molecule has 0 saturated heterocycles. The van der Waals surface area contributed by atoms with Crippen LogP contribution < -0.4 is 15.4 Å². The van der Waals surface area contributed by atoms with Crippen molar-refractivity contribution in [3.05, 3.63) is 65.2 Å². The average Bonchev–Trinajstić information content (AvgIpc) is 2.70. The van der Waals surface area contributed by atoms with Crippen molar-refractivity contribution in [1.82, 2.24) is 10.6 Å². The molecular weight excluding hydrogens is 360 g/mol. The summed E-state index contributed by atoms with van der Waals surface area (Å²) in [5.74, 6) is 1.02. The molecule has 2 N–H and O–H groups in total. The van der Waals surface area contributed by atoms with E-state index in [4.69, 9.17) is 4.74 Å². The van der Waals surface area contributed by atoms with E-state index in [0.29, 0.717) is 24.3 Å². The highest BCUT2D eigenvalue weighted by Gasteiger charge is 2.21. The smallest absolute Gasteiger partial charge is 0.251 e. The highest BCUT2D eigenvalue weighted by molar-refractivity contribution is 7.98. The van der Waals surface area contributed by atoms with Gasteiger partial charge in [-0.1, -0.05) is 24.3 Å². The van der Waals surface area contributed by atoms with Crippen LogP contribution in [0.1, 0.15) is 27.9 Å². The maximum absolute atomic E-state index is 12.6. The van der Waals surface area contributed by atoms with Gasteiger partial charge in [0.15, 0.2) is 0 Å². The summed E-state index contributed by atoms with van der Waals surface area (Å²) in [6.45, 7) is 2.46. The molecule has 2 amide bonds. The van der Waals surface area contributed by atoms with Gasteiger partial charge >= 0.3 is 0 Å². The summed E-state index contributed by atoms with van der Waals surface area (Å²) in [5, 5.41) is 5.79. The summed E-state index contributed by atoms with van der Waals surface area (Å²) in [5.41, 5.74) is 2.69. The minimum atomic E-state index is -0.573. The molecule has 0 unspecified atom stereocenters. The van der Waals surface area contributed by atoms with Crippen LogP contribution in [0, 0.1) is 6.92 Å². The van der Waals surface area contributed by atoms with E-state index in [0.717, 1.165) is 16.9 Å². The van der Waals surface area contributed by atoms with Crippen molar-refractivity contribution in [3.63, 3.8) is 0 Å². The van der Waals surface area contributed by atoms with Crippen molar-refractivity contribution >= 4 is 23.6 Å².